The van der Waals surface area contributed by atoms with Gasteiger partial charge in [0.15, 0.2) is 4.34 Å². The highest BCUT2D eigenvalue weighted by molar-refractivity contribution is 8.01. The Hall–Kier alpha value is -0.660. The summed E-state index contributed by atoms with van der Waals surface area (Å²) in [5.74, 6) is 0.333. The van der Waals surface area contributed by atoms with Crippen molar-refractivity contribution in [3.05, 3.63) is 5.51 Å². The summed E-state index contributed by atoms with van der Waals surface area (Å²) in [5.41, 5.74) is 6.98. The lowest BCUT2D eigenvalue weighted by atomic mass is 10.3. The van der Waals surface area contributed by atoms with Crippen LogP contribution in [0.3, 0.4) is 0 Å². The van der Waals surface area contributed by atoms with Gasteiger partial charge in [-0.2, -0.15) is 0 Å². The molecular weight excluding hydrogens is 232 g/mol. The van der Waals surface area contributed by atoms with Crippen molar-refractivity contribution in [3.63, 3.8) is 0 Å². The number of carbonyl (C=O) groups is 1. The third-order valence-corrected chi connectivity index (χ3v) is 4.03. The van der Waals surface area contributed by atoms with Crippen molar-refractivity contribution in [1.29, 1.82) is 0 Å². The molecule has 0 aromatic carbocycles. The van der Waals surface area contributed by atoms with E-state index in [0.717, 1.165) is 17.2 Å². The zero-order valence-electron chi connectivity index (χ0n) is 8.05. The Morgan fingerprint density at radius 3 is 3.13 bits per heavy atom. The molecule has 15 heavy (non-hydrogen) atoms. The summed E-state index contributed by atoms with van der Waals surface area (Å²) in [6, 6.07) is 0.226. The predicted molar refractivity (Wildman–Crippen MR) is 59.8 cm³/mol. The van der Waals surface area contributed by atoms with Crippen LogP contribution in [-0.4, -0.2) is 33.9 Å². The second-order valence-corrected chi connectivity index (χ2v) is 5.51. The van der Waals surface area contributed by atoms with Crippen LogP contribution in [0.2, 0.25) is 0 Å². The number of thioether (sulfide) groups is 1. The van der Waals surface area contributed by atoms with Crippen LogP contribution in [0.15, 0.2) is 9.85 Å². The molecule has 2 rings (SSSR count). The SMILES string of the molecule is NC(=O)C(CSc1nncs1)NC1CC1. The second kappa shape index (κ2) is 4.91. The van der Waals surface area contributed by atoms with Gasteiger partial charge in [0.1, 0.15) is 5.51 Å². The van der Waals surface area contributed by atoms with E-state index in [0.29, 0.717) is 11.8 Å². The second-order valence-electron chi connectivity index (χ2n) is 3.41. The number of hydrogen-bond acceptors (Lipinski definition) is 6. The van der Waals surface area contributed by atoms with Gasteiger partial charge in [0.25, 0.3) is 0 Å². The number of nitrogens with two attached hydrogens (primary N) is 1. The van der Waals surface area contributed by atoms with E-state index in [1.165, 1.54) is 23.1 Å². The minimum atomic E-state index is -0.293. The topological polar surface area (TPSA) is 80.9 Å². The van der Waals surface area contributed by atoms with Crippen LogP contribution in [0, 0.1) is 0 Å². The number of carbonyl (C=O) groups excluding carboxylic acids is 1. The van der Waals surface area contributed by atoms with E-state index in [-0.39, 0.29) is 11.9 Å². The molecule has 1 atom stereocenters. The van der Waals surface area contributed by atoms with Crippen LogP contribution >= 0.6 is 23.1 Å². The maximum absolute atomic E-state index is 11.1. The fourth-order valence-electron chi connectivity index (χ4n) is 1.13. The molecule has 3 N–H and O–H groups in total. The third kappa shape index (κ3) is 3.44. The first-order valence-electron chi connectivity index (χ1n) is 4.70. The van der Waals surface area contributed by atoms with Gasteiger partial charge >= 0.3 is 0 Å². The maximum Gasteiger partial charge on any atom is 0.235 e. The average molecular weight is 244 g/mol. The molecule has 0 saturated heterocycles. The summed E-state index contributed by atoms with van der Waals surface area (Å²) in [7, 11) is 0. The van der Waals surface area contributed by atoms with Crippen LogP contribution < -0.4 is 11.1 Å². The molecule has 0 radical (unpaired) electrons. The van der Waals surface area contributed by atoms with Crippen LogP contribution in [0.5, 0.6) is 0 Å². The maximum atomic E-state index is 11.1. The zero-order valence-corrected chi connectivity index (χ0v) is 9.68. The van der Waals surface area contributed by atoms with Gasteiger partial charge in [-0.15, -0.1) is 10.2 Å². The molecule has 1 aromatic heterocycles. The number of nitrogens with one attached hydrogen (secondary N) is 1. The van der Waals surface area contributed by atoms with Crippen LogP contribution in [-0.2, 0) is 4.79 Å². The first kappa shape index (κ1) is 10.8. The van der Waals surface area contributed by atoms with Crippen molar-refractivity contribution in [2.45, 2.75) is 29.3 Å². The Morgan fingerprint density at radius 2 is 2.60 bits per heavy atom. The molecule has 0 spiro atoms. The van der Waals surface area contributed by atoms with Crippen molar-refractivity contribution in [3.8, 4) is 0 Å². The van der Waals surface area contributed by atoms with E-state index in [9.17, 15) is 4.79 Å². The normalized spacial score (nSPS) is 17.6. The summed E-state index contributed by atoms with van der Waals surface area (Å²) >= 11 is 2.99. The van der Waals surface area contributed by atoms with Crippen LogP contribution in [0.4, 0.5) is 0 Å². The van der Waals surface area contributed by atoms with Crippen molar-refractivity contribution < 1.29 is 4.79 Å². The van der Waals surface area contributed by atoms with Gasteiger partial charge < -0.3 is 11.1 Å². The van der Waals surface area contributed by atoms with Crippen LogP contribution in [0.1, 0.15) is 12.8 Å². The van der Waals surface area contributed by atoms with E-state index in [2.05, 4.69) is 15.5 Å². The van der Waals surface area contributed by atoms with Crippen molar-refractivity contribution in [1.82, 2.24) is 15.5 Å². The standard InChI is InChI=1S/C8H12N4OS2/c9-7(13)6(11-5-1-2-5)3-14-8-12-10-4-15-8/h4-6,11H,1-3H2,(H2,9,13). The highest BCUT2D eigenvalue weighted by Crippen LogP contribution is 2.23. The Labute approximate surface area is 95.8 Å². The van der Waals surface area contributed by atoms with Crippen LogP contribution in [0.25, 0.3) is 0 Å². The number of rotatable bonds is 6. The summed E-state index contributed by atoms with van der Waals surface area (Å²) in [5, 5.41) is 10.8. The highest BCUT2D eigenvalue weighted by atomic mass is 32.2. The Bertz CT molecular complexity index is 325. The van der Waals surface area contributed by atoms with E-state index in [1.54, 1.807) is 5.51 Å². The number of nitrogens with zero attached hydrogens (tertiary/aromatic N) is 2. The van der Waals surface area contributed by atoms with Gasteiger partial charge in [-0.25, -0.2) is 0 Å². The largest absolute Gasteiger partial charge is 0.368 e. The van der Waals surface area contributed by atoms with Crippen molar-refractivity contribution >= 4 is 29.0 Å². The zero-order chi connectivity index (χ0) is 10.7. The molecule has 1 aromatic rings. The van der Waals surface area contributed by atoms with Gasteiger partial charge in [-0.1, -0.05) is 23.1 Å². The van der Waals surface area contributed by atoms with Gasteiger partial charge in [-0.3, -0.25) is 4.79 Å². The molecule has 1 aliphatic rings. The number of amides is 1. The smallest absolute Gasteiger partial charge is 0.235 e. The number of primary amides is 1. The fourth-order valence-corrected chi connectivity index (χ4v) is 2.69. The van der Waals surface area contributed by atoms with Gasteiger partial charge in [0, 0.05) is 11.8 Å². The minimum Gasteiger partial charge on any atom is -0.368 e. The minimum absolute atomic E-state index is 0.258. The lowest BCUT2D eigenvalue weighted by molar-refractivity contribution is -0.119. The van der Waals surface area contributed by atoms with E-state index in [4.69, 9.17) is 5.73 Å². The van der Waals surface area contributed by atoms with E-state index >= 15 is 0 Å². The molecule has 1 fully saturated rings. The highest BCUT2D eigenvalue weighted by Gasteiger charge is 2.27. The molecule has 0 aliphatic heterocycles. The molecular formula is C8H12N4OS2. The number of aromatic nitrogens is 2. The average Bonchev–Trinajstić information content (AvgIpc) is 2.87. The first-order valence-corrected chi connectivity index (χ1v) is 6.56. The van der Waals surface area contributed by atoms with Gasteiger partial charge in [-0.05, 0) is 12.8 Å². The fraction of sp³-hybridized carbons (Fsp3) is 0.625. The lowest BCUT2D eigenvalue weighted by Crippen LogP contribution is -2.44. The quantitative estimate of drug-likeness (QED) is 0.700. The molecule has 1 saturated carbocycles. The summed E-state index contributed by atoms with van der Waals surface area (Å²) in [4.78, 5) is 11.1. The number of hydrogen-bond donors (Lipinski definition) is 2. The molecule has 1 heterocycles. The Balaban J connectivity index is 1.80. The molecule has 1 unspecified atom stereocenters. The molecule has 5 nitrogen and oxygen atoms in total. The molecule has 82 valence electrons. The van der Waals surface area contributed by atoms with Gasteiger partial charge in [0.2, 0.25) is 5.91 Å². The van der Waals surface area contributed by atoms with E-state index < -0.39 is 0 Å². The van der Waals surface area contributed by atoms with Crippen molar-refractivity contribution in [2.24, 2.45) is 5.73 Å². The molecule has 1 aliphatic carbocycles. The summed E-state index contributed by atoms with van der Waals surface area (Å²) < 4.78 is 0.874. The first-order chi connectivity index (χ1) is 7.25. The summed E-state index contributed by atoms with van der Waals surface area (Å²) in [6.45, 7) is 0. The third-order valence-electron chi connectivity index (χ3n) is 2.07. The molecule has 7 heteroatoms. The summed E-state index contributed by atoms with van der Waals surface area (Å²) in [6.07, 6.45) is 2.29. The Morgan fingerprint density at radius 1 is 1.80 bits per heavy atom. The van der Waals surface area contributed by atoms with Crippen molar-refractivity contribution in [2.75, 3.05) is 5.75 Å². The van der Waals surface area contributed by atoms with Gasteiger partial charge in [0.05, 0.1) is 6.04 Å². The molecule has 1 amide bonds. The molecule has 0 bridgehead atoms. The lowest BCUT2D eigenvalue weighted by Gasteiger charge is -2.13. The monoisotopic (exact) mass is 244 g/mol. The predicted octanol–water partition coefficient (Wildman–Crippen LogP) is 0.236. The van der Waals surface area contributed by atoms with E-state index in [1.807, 2.05) is 0 Å². The Kier molecular flexibility index (Phi) is 3.55.